The van der Waals surface area contributed by atoms with Crippen LogP contribution in [0.15, 0.2) is 28.6 Å². The first-order valence-electron chi connectivity index (χ1n) is 3.63. The van der Waals surface area contributed by atoms with Crippen molar-refractivity contribution in [3.05, 3.63) is 29.2 Å². The topological polar surface area (TPSA) is 29.4 Å². The first-order chi connectivity index (χ1) is 5.86. The van der Waals surface area contributed by atoms with E-state index in [-0.39, 0.29) is 0 Å². The van der Waals surface area contributed by atoms with Crippen molar-refractivity contribution >= 4 is 22.4 Å². The number of allylic oxidation sites excluding steroid dienone is 2. The Hall–Kier alpha value is -1.18. The van der Waals surface area contributed by atoms with Gasteiger partial charge >= 0.3 is 0 Å². The maximum atomic E-state index is 9.90. The predicted molar refractivity (Wildman–Crippen MR) is 50.6 cm³/mol. The summed E-state index contributed by atoms with van der Waals surface area (Å²) in [5.41, 5.74) is 1.19. The standard InChI is InChI=1S/C9H9NOS/c1-2-3-4-8-5-9(10-7-11)12-6-8/h2-3,5-6H,4H2,1H3/b3-2+. The van der Waals surface area contributed by atoms with E-state index in [2.05, 4.69) is 11.1 Å². The van der Waals surface area contributed by atoms with Crippen LogP contribution in [0.4, 0.5) is 5.00 Å². The molecule has 0 atom stereocenters. The summed E-state index contributed by atoms with van der Waals surface area (Å²) in [4.78, 5) is 13.4. The van der Waals surface area contributed by atoms with Crippen LogP contribution >= 0.6 is 11.3 Å². The predicted octanol–water partition coefficient (Wildman–Crippen LogP) is 2.83. The van der Waals surface area contributed by atoms with Gasteiger partial charge < -0.3 is 0 Å². The molecule has 0 spiro atoms. The maximum absolute atomic E-state index is 9.90. The summed E-state index contributed by atoms with van der Waals surface area (Å²) < 4.78 is 0. The molecule has 1 aromatic rings. The van der Waals surface area contributed by atoms with Gasteiger partial charge in [-0.15, -0.1) is 11.3 Å². The number of carbonyl (C=O) groups excluding carboxylic acids is 1. The molecule has 0 aliphatic rings. The molecule has 0 aliphatic heterocycles. The van der Waals surface area contributed by atoms with Crippen LogP contribution in [-0.4, -0.2) is 6.08 Å². The van der Waals surface area contributed by atoms with Gasteiger partial charge in [0.05, 0.1) is 0 Å². The zero-order chi connectivity index (χ0) is 8.81. The molecule has 1 rings (SSSR count). The van der Waals surface area contributed by atoms with Crippen molar-refractivity contribution in [2.45, 2.75) is 13.3 Å². The fourth-order valence-electron chi connectivity index (χ4n) is 0.827. The quantitative estimate of drug-likeness (QED) is 0.398. The van der Waals surface area contributed by atoms with Crippen molar-refractivity contribution in [2.75, 3.05) is 0 Å². The largest absolute Gasteiger partial charge is 0.241 e. The van der Waals surface area contributed by atoms with Crippen LogP contribution in [0.2, 0.25) is 0 Å². The minimum Gasteiger partial charge on any atom is -0.211 e. The van der Waals surface area contributed by atoms with Gasteiger partial charge in [0.2, 0.25) is 6.08 Å². The molecule has 0 radical (unpaired) electrons. The van der Waals surface area contributed by atoms with E-state index in [9.17, 15) is 4.79 Å². The van der Waals surface area contributed by atoms with E-state index in [1.54, 1.807) is 0 Å². The number of rotatable bonds is 3. The molecule has 0 fully saturated rings. The highest BCUT2D eigenvalue weighted by Crippen LogP contribution is 2.23. The van der Waals surface area contributed by atoms with Crippen LogP contribution in [-0.2, 0) is 11.2 Å². The number of hydrogen-bond acceptors (Lipinski definition) is 3. The molecule has 12 heavy (non-hydrogen) atoms. The highest BCUT2D eigenvalue weighted by molar-refractivity contribution is 7.14. The lowest BCUT2D eigenvalue weighted by Crippen LogP contribution is -1.71. The minimum absolute atomic E-state index is 0.726. The van der Waals surface area contributed by atoms with Gasteiger partial charge in [0.25, 0.3) is 0 Å². The smallest absolute Gasteiger partial charge is 0.211 e. The van der Waals surface area contributed by atoms with Crippen LogP contribution in [0.3, 0.4) is 0 Å². The number of isocyanates is 1. The summed E-state index contributed by atoms with van der Waals surface area (Å²) in [7, 11) is 0. The highest BCUT2D eigenvalue weighted by Gasteiger charge is 1.95. The molecule has 0 amide bonds. The second kappa shape index (κ2) is 4.65. The summed E-state index contributed by atoms with van der Waals surface area (Å²) in [6.45, 7) is 1.98. The second-order valence-corrected chi connectivity index (χ2v) is 3.16. The molecule has 62 valence electrons. The Bertz CT molecular complexity index is 321. The van der Waals surface area contributed by atoms with Gasteiger partial charge in [-0.25, -0.2) is 4.79 Å². The monoisotopic (exact) mass is 179 g/mol. The Labute approximate surface area is 75.3 Å². The van der Waals surface area contributed by atoms with Crippen LogP contribution in [0.5, 0.6) is 0 Å². The Morgan fingerprint density at radius 2 is 2.58 bits per heavy atom. The summed E-state index contributed by atoms with van der Waals surface area (Å²) in [6, 6.07) is 1.90. The van der Waals surface area contributed by atoms with Crippen molar-refractivity contribution in [1.29, 1.82) is 0 Å². The molecule has 1 heterocycles. The second-order valence-electron chi connectivity index (χ2n) is 2.27. The normalized spacial score (nSPS) is 10.1. The van der Waals surface area contributed by atoms with Crippen LogP contribution < -0.4 is 0 Å². The zero-order valence-electron chi connectivity index (χ0n) is 6.78. The fourth-order valence-corrected chi connectivity index (χ4v) is 1.57. The van der Waals surface area contributed by atoms with Crippen molar-refractivity contribution < 1.29 is 4.79 Å². The fraction of sp³-hybridized carbons (Fsp3) is 0.222. The molecule has 3 heteroatoms. The van der Waals surface area contributed by atoms with Gasteiger partial charge in [0, 0.05) is 0 Å². The van der Waals surface area contributed by atoms with Crippen molar-refractivity contribution in [3.63, 3.8) is 0 Å². The molecule has 0 N–H and O–H groups in total. The number of nitrogens with zero attached hydrogens (tertiary/aromatic N) is 1. The van der Waals surface area contributed by atoms with Gasteiger partial charge in [-0.2, -0.15) is 4.99 Å². The molecular formula is C9H9NOS. The summed E-state index contributed by atoms with van der Waals surface area (Å²) in [5.74, 6) is 0. The molecule has 0 saturated carbocycles. The van der Waals surface area contributed by atoms with Gasteiger partial charge in [-0.1, -0.05) is 12.2 Å². The Morgan fingerprint density at radius 1 is 1.75 bits per heavy atom. The van der Waals surface area contributed by atoms with E-state index < -0.39 is 0 Å². The minimum atomic E-state index is 0.726. The highest BCUT2D eigenvalue weighted by atomic mass is 32.1. The molecule has 2 nitrogen and oxygen atoms in total. The average Bonchev–Trinajstić information content (AvgIpc) is 2.50. The van der Waals surface area contributed by atoms with Crippen molar-refractivity contribution in [3.8, 4) is 0 Å². The van der Waals surface area contributed by atoms with Gasteiger partial charge in [0.1, 0.15) is 5.00 Å². The van der Waals surface area contributed by atoms with Gasteiger partial charge in [-0.05, 0) is 30.4 Å². The molecule has 0 aliphatic carbocycles. The Kier molecular flexibility index (Phi) is 3.45. The first kappa shape index (κ1) is 8.91. The Balaban J connectivity index is 2.70. The van der Waals surface area contributed by atoms with E-state index in [1.807, 2.05) is 24.4 Å². The van der Waals surface area contributed by atoms with Crippen LogP contribution in [0, 0.1) is 0 Å². The Morgan fingerprint density at radius 3 is 3.25 bits per heavy atom. The summed E-state index contributed by atoms with van der Waals surface area (Å²) in [5, 5.41) is 2.72. The lowest BCUT2D eigenvalue weighted by atomic mass is 10.2. The lowest BCUT2D eigenvalue weighted by Gasteiger charge is -1.84. The van der Waals surface area contributed by atoms with Gasteiger partial charge in [-0.3, -0.25) is 0 Å². The van der Waals surface area contributed by atoms with Gasteiger partial charge in [0.15, 0.2) is 0 Å². The summed E-state index contributed by atoms with van der Waals surface area (Å²) >= 11 is 1.46. The SMILES string of the molecule is C/C=C/Cc1csc(N=C=O)c1. The molecule has 1 aromatic heterocycles. The lowest BCUT2D eigenvalue weighted by molar-refractivity contribution is 0.565. The van der Waals surface area contributed by atoms with E-state index in [1.165, 1.54) is 23.0 Å². The molecular weight excluding hydrogens is 170 g/mol. The van der Waals surface area contributed by atoms with Crippen LogP contribution in [0.25, 0.3) is 0 Å². The van der Waals surface area contributed by atoms with E-state index in [4.69, 9.17) is 0 Å². The molecule has 0 bridgehead atoms. The molecule has 0 saturated heterocycles. The zero-order valence-corrected chi connectivity index (χ0v) is 7.60. The van der Waals surface area contributed by atoms with Crippen molar-refractivity contribution in [2.24, 2.45) is 4.99 Å². The van der Waals surface area contributed by atoms with E-state index in [0.29, 0.717) is 0 Å². The van der Waals surface area contributed by atoms with Crippen LogP contribution in [0.1, 0.15) is 12.5 Å². The van der Waals surface area contributed by atoms with E-state index >= 15 is 0 Å². The molecule has 0 unspecified atom stereocenters. The third-order valence-electron chi connectivity index (χ3n) is 1.39. The third kappa shape index (κ3) is 2.46. The number of hydrogen-bond donors (Lipinski definition) is 0. The number of aliphatic imine (C=N–C) groups is 1. The molecule has 0 aromatic carbocycles. The van der Waals surface area contributed by atoms with E-state index in [0.717, 1.165) is 11.4 Å². The van der Waals surface area contributed by atoms with Crippen molar-refractivity contribution in [1.82, 2.24) is 0 Å². The first-order valence-corrected chi connectivity index (χ1v) is 4.51. The third-order valence-corrected chi connectivity index (χ3v) is 2.26. The number of thiophene rings is 1. The maximum Gasteiger partial charge on any atom is 0.241 e. The summed E-state index contributed by atoms with van der Waals surface area (Å²) in [6.07, 6.45) is 6.49. The average molecular weight is 179 g/mol.